The third kappa shape index (κ3) is 11.6. The van der Waals surface area contributed by atoms with Crippen molar-refractivity contribution in [3.63, 3.8) is 0 Å². The molecule has 0 saturated carbocycles. The van der Waals surface area contributed by atoms with Crippen molar-refractivity contribution in [2.45, 2.75) is 109 Å². The molecule has 2 N–H and O–H groups in total. The molecule has 44 heavy (non-hydrogen) atoms. The van der Waals surface area contributed by atoms with E-state index in [0.717, 1.165) is 59.3 Å². The maximum absolute atomic E-state index is 11.1. The van der Waals surface area contributed by atoms with Crippen LogP contribution in [-0.2, 0) is 25.7 Å². The Morgan fingerprint density at radius 1 is 0.477 bits per heavy atom. The van der Waals surface area contributed by atoms with E-state index in [0.29, 0.717) is 11.5 Å². The normalized spacial score (nSPS) is 13.4. The van der Waals surface area contributed by atoms with Crippen molar-refractivity contribution in [3.8, 4) is 11.5 Å². The average Bonchev–Trinajstić information content (AvgIpc) is 2.83. The molecule has 0 radical (unpaired) electrons. The SMILES string of the molecule is CC(C)(C)Cc1cc(C=Nc2ccc(N=Cc3cc(CC(C)(C)C)cc(CC(C)(C)C)c3O)cc2)c(O)c(CC(C)(C)C)c1. The molecule has 0 atom stereocenters. The molecule has 3 aromatic rings. The van der Waals surface area contributed by atoms with Crippen molar-refractivity contribution in [2.24, 2.45) is 31.6 Å². The van der Waals surface area contributed by atoms with Gasteiger partial charge >= 0.3 is 0 Å². The molecule has 238 valence electrons. The topological polar surface area (TPSA) is 65.2 Å². The fourth-order valence-electron chi connectivity index (χ4n) is 5.53. The second-order valence-corrected chi connectivity index (χ2v) is 17.4. The fraction of sp³-hybridized carbons (Fsp3) is 0.500. The van der Waals surface area contributed by atoms with E-state index in [2.05, 4.69) is 107 Å². The van der Waals surface area contributed by atoms with Gasteiger partial charge in [-0.2, -0.15) is 0 Å². The molecule has 0 aliphatic carbocycles. The minimum atomic E-state index is 0.0570. The Morgan fingerprint density at radius 3 is 1.05 bits per heavy atom. The summed E-state index contributed by atoms with van der Waals surface area (Å²) in [4.78, 5) is 9.40. The van der Waals surface area contributed by atoms with E-state index in [4.69, 9.17) is 9.98 Å². The lowest BCUT2D eigenvalue weighted by molar-refractivity contribution is 0.391. The molecule has 0 fully saturated rings. The van der Waals surface area contributed by atoms with Crippen LogP contribution in [0.2, 0.25) is 0 Å². The Morgan fingerprint density at radius 2 is 0.773 bits per heavy atom. The van der Waals surface area contributed by atoms with Gasteiger partial charge in [0.05, 0.1) is 11.4 Å². The van der Waals surface area contributed by atoms with E-state index < -0.39 is 0 Å². The smallest absolute Gasteiger partial charge is 0.127 e. The van der Waals surface area contributed by atoms with Gasteiger partial charge in [0.15, 0.2) is 0 Å². The summed E-state index contributed by atoms with van der Waals surface area (Å²) in [6.45, 7) is 26.5. The minimum Gasteiger partial charge on any atom is -0.507 e. The van der Waals surface area contributed by atoms with Crippen LogP contribution in [0, 0.1) is 21.7 Å². The summed E-state index contributed by atoms with van der Waals surface area (Å²) in [5.41, 5.74) is 7.78. The summed E-state index contributed by atoms with van der Waals surface area (Å²) < 4.78 is 0. The van der Waals surface area contributed by atoms with E-state index in [1.807, 2.05) is 24.3 Å². The Labute approximate surface area is 267 Å². The molecule has 0 unspecified atom stereocenters. The lowest BCUT2D eigenvalue weighted by atomic mass is 9.83. The van der Waals surface area contributed by atoms with E-state index in [-0.39, 0.29) is 21.7 Å². The van der Waals surface area contributed by atoms with Crippen LogP contribution >= 0.6 is 0 Å². The molecule has 3 aromatic carbocycles. The van der Waals surface area contributed by atoms with Crippen molar-refractivity contribution in [1.29, 1.82) is 0 Å². The van der Waals surface area contributed by atoms with Crippen molar-refractivity contribution >= 4 is 23.8 Å². The van der Waals surface area contributed by atoms with Gasteiger partial charge in [-0.1, -0.05) is 95.2 Å². The first-order valence-electron chi connectivity index (χ1n) is 15.9. The predicted octanol–water partition coefficient (Wildman–Crippen LogP) is 11.0. The number of phenolic OH excluding ortho intramolecular Hbond substituents is 2. The summed E-state index contributed by atoms with van der Waals surface area (Å²) in [7, 11) is 0. The monoisotopic (exact) mass is 596 g/mol. The summed E-state index contributed by atoms with van der Waals surface area (Å²) in [6, 6.07) is 16.1. The van der Waals surface area contributed by atoms with Crippen LogP contribution in [0.25, 0.3) is 0 Å². The van der Waals surface area contributed by atoms with Crippen LogP contribution in [0.5, 0.6) is 11.5 Å². The van der Waals surface area contributed by atoms with Gasteiger partial charge in [-0.05, 0) is 106 Å². The zero-order valence-electron chi connectivity index (χ0n) is 29.4. The van der Waals surface area contributed by atoms with E-state index in [1.54, 1.807) is 12.4 Å². The number of phenols is 2. The second-order valence-electron chi connectivity index (χ2n) is 17.4. The van der Waals surface area contributed by atoms with Gasteiger partial charge in [0, 0.05) is 23.6 Å². The van der Waals surface area contributed by atoms with E-state index in [1.165, 1.54) is 11.1 Å². The first-order chi connectivity index (χ1) is 20.1. The number of nitrogens with zero attached hydrogens (tertiary/aromatic N) is 2. The molecular formula is C40H56N2O2. The zero-order chi connectivity index (χ0) is 33.1. The highest BCUT2D eigenvalue weighted by Gasteiger charge is 2.21. The van der Waals surface area contributed by atoms with Crippen LogP contribution in [-0.4, -0.2) is 22.6 Å². The molecule has 0 aromatic heterocycles. The lowest BCUT2D eigenvalue weighted by Gasteiger charge is -2.23. The van der Waals surface area contributed by atoms with Gasteiger partial charge in [0.2, 0.25) is 0 Å². The Balaban J connectivity index is 1.88. The minimum absolute atomic E-state index is 0.0570. The first-order valence-corrected chi connectivity index (χ1v) is 15.9. The van der Waals surface area contributed by atoms with Crippen LogP contribution < -0.4 is 0 Å². The first kappa shape index (κ1) is 35.1. The average molecular weight is 597 g/mol. The molecule has 0 saturated heterocycles. The number of aliphatic imine (C=N–C) groups is 2. The Bertz CT molecular complexity index is 1370. The van der Waals surface area contributed by atoms with Gasteiger partial charge in [-0.25, -0.2) is 0 Å². The highest BCUT2D eigenvalue weighted by molar-refractivity contribution is 5.87. The molecule has 0 aliphatic heterocycles. The molecule has 0 amide bonds. The highest BCUT2D eigenvalue weighted by Crippen LogP contribution is 2.34. The maximum atomic E-state index is 11.1. The second kappa shape index (κ2) is 13.3. The van der Waals surface area contributed by atoms with Crippen molar-refractivity contribution in [2.75, 3.05) is 0 Å². The summed E-state index contributed by atoms with van der Waals surface area (Å²) in [5.74, 6) is 0.615. The summed E-state index contributed by atoms with van der Waals surface area (Å²) in [5, 5.41) is 22.3. The van der Waals surface area contributed by atoms with Gasteiger partial charge in [-0.15, -0.1) is 0 Å². The van der Waals surface area contributed by atoms with Crippen LogP contribution in [0.4, 0.5) is 11.4 Å². The van der Waals surface area contributed by atoms with Crippen molar-refractivity contribution < 1.29 is 10.2 Å². The molecule has 4 nitrogen and oxygen atoms in total. The fourth-order valence-corrected chi connectivity index (χ4v) is 5.53. The molecule has 4 heteroatoms. The zero-order valence-corrected chi connectivity index (χ0v) is 29.4. The van der Waals surface area contributed by atoms with E-state index >= 15 is 0 Å². The molecular weight excluding hydrogens is 540 g/mol. The third-order valence-corrected chi connectivity index (χ3v) is 7.02. The summed E-state index contributed by atoms with van der Waals surface area (Å²) in [6.07, 6.45) is 6.95. The number of aromatic hydroxyl groups is 2. The Kier molecular flexibility index (Phi) is 10.6. The largest absolute Gasteiger partial charge is 0.507 e. The third-order valence-electron chi connectivity index (χ3n) is 7.02. The molecule has 0 heterocycles. The van der Waals surface area contributed by atoms with Crippen molar-refractivity contribution in [3.05, 3.63) is 81.9 Å². The number of hydrogen-bond donors (Lipinski definition) is 2. The van der Waals surface area contributed by atoms with Crippen LogP contribution in [0.3, 0.4) is 0 Å². The number of rotatable bonds is 8. The highest BCUT2D eigenvalue weighted by atomic mass is 16.3. The van der Waals surface area contributed by atoms with Gasteiger partial charge in [-0.3, -0.25) is 9.98 Å². The lowest BCUT2D eigenvalue weighted by Crippen LogP contribution is -2.13. The van der Waals surface area contributed by atoms with Crippen LogP contribution in [0.15, 0.2) is 58.5 Å². The molecule has 3 rings (SSSR count). The molecule has 0 bridgehead atoms. The number of benzene rings is 3. The van der Waals surface area contributed by atoms with Gasteiger partial charge < -0.3 is 10.2 Å². The number of hydrogen-bond acceptors (Lipinski definition) is 4. The maximum Gasteiger partial charge on any atom is 0.127 e. The molecule has 0 aliphatic rings. The van der Waals surface area contributed by atoms with Gasteiger partial charge in [0.25, 0.3) is 0 Å². The predicted molar refractivity (Wildman–Crippen MR) is 190 cm³/mol. The van der Waals surface area contributed by atoms with Crippen molar-refractivity contribution in [1.82, 2.24) is 0 Å². The van der Waals surface area contributed by atoms with Crippen LogP contribution in [0.1, 0.15) is 116 Å². The standard InChI is InChI=1S/C40H56N2O2/c1-37(2,3)21-27-17-29(23-39(7,8)9)35(43)31(19-27)25-41-33-13-15-34(16-14-33)42-26-32-20-28(22-38(4,5)6)18-30(36(32)44)24-40(10,11)12/h13-20,25-26,43-44H,21-24H2,1-12H3. The quantitative estimate of drug-likeness (QED) is 0.254. The Hall–Kier alpha value is -3.40. The van der Waals surface area contributed by atoms with E-state index in [9.17, 15) is 10.2 Å². The molecule has 0 spiro atoms. The van der Waals surface area contributed by atoms with Gasteiger partial charge in [0.1, 0.15) is 11.5 Å². The summed E-state index contributed by atoms with van der Waals surface area (Å²) >= 11 is 0.